The maximum atomic E-state index is 5.63. The Morgan fingerprint density at radius 2 is 1.70 bits per heavy atom. The SMILES string of the molecule is ClCC1=C/C=C\C=C/C=C\1. The highest BCUT2D eigenvalue weighted by atomic mass is 35.5. The van der Waals surface area contributed by atoms with Gasteiger partial charge in [-0.05, 0) is 5.57 Å². The highest BCUT2D eigenvalue weighted by molar-refractivity contribution is 6.19. The van der Waals surface area contributed by atoms with E-state index >= 15 is 0 Å². The molecule has 0 heterocycles. The van der Waals surface area contributed by atoms with E-state index in [1.807, 2.05) is 42.5 Å². The summed E-state index contributed by atoms with van der Waals surface area (Å²) in [7, 11) is 0. The molecule has 0 atom stereocenters. The number of hydrogen-bond acceptors (Lipinski definition) is 0. The molecule has 0 N–H and O–H groups in total. The van der Waals surface area contributed by atoms with Crippen LogP contribution in [0.3, 0.4) is 0 Å². The van der Waals surface area contributed by atoms with Crippen LogP contribution in [0.15, 0.2) is 48.1 Å². The van der Waals surface area contributed by atoms with Crippen molar-refractivity contribution in [3.8, 4) is 0 Å². The molecule has 0 fully saturated rings. The second-order valence-electron chi connectivity index (χ2n) is 2.00. The van der Waals surface area contributed by atoms with Crippen LogP contribution < -0.4 is 0 Å². The molecule has 0 aromatic heterocycles. The van der Waals surface area contributed by atoms with Crippen LogP contribution in [0.1, 0.15) is 0 Å². The smallest absolute Gasteiger partial charge is 0.0474 e. The van der Waals surface area contributed by atoms with E-state index in [9.17, 15) is 0 Å². The third-order valence-electron chi connectivity index (χ3n) is 1.22. The first-order chi connectivity index (χ1) is 4.93. The number of rotatable bonds is 1. The zero-order valence-electron chi connectivity index (χ0n) is 5.63. The highest BCUT2D eigenvalue weighted by Crippen LogP contribution is 2.02. The zero-order valence-corrected chi connectivity index (χ0v) is 6.38. The van der Waals surface area contributed by atoms with Gasteiger partial charge < -0.3 is 0 Å². The van der Waals surface area contributed by atoms with Crippen LogP contribution in [0, 0.1) is 0 Å². The summed E-state index contributed by atoms with van der Waals surface area (Å²) in [6.07, 6.45) is 13.9. The van der Waals surface area contributed by atoms with E-state index in [1.54, 1.807) is 0 Å². The van der Waals surface area contributed by atoms with Crippen LogP contribution in [-0.4, -0.2) is 5.88 Å². The van der Waals surface area contributed by atoms with E-state index in [0.29, 0.717) is 5.88 Å². The Bertz CT molecular complexity index is 207. The van der Waals surface area contributed by atoms with Crippen LogP contribution in [0.4, 0.5) is 0 Å². The van der Waals surface area contributed by atoms with E-state index in [0.717, 1.165) is 5.57 Å². The third kappa shape index (κ3) is 2.24. The predicted molar refractivity (Wildman–Crippen MR) is 46.2 cm³/mol. The average molecular weight is 153 g/mol. The molecule has 0 aromatic carbocycles. The van der Waals surface area contributed by atoms with Crippen LogP contribution in [0.5, 0.6) is 0 Å². The molecule has 0 unspecified atom stereocenters. The highest BCUT2D eigenvalue weighted by Gasteiger charge is 1.85. The van der Waals surface area contributed by atoms with E-state index in [-0.39, 0.29) is 0 Å². The van der Waals surface area contributed by atoms with Crippen molar-refractivity contribution >= 4 is 11.6 Å². The minimum absolute atomic E-state index is 0.578. The summed E-state index contributed by atoms with van der Waals surface area (Å²) in [5.41, 5.74) is 1.14. The molecule has 0 spiro atoms. The van der Waals surface area contributed by atoms with Gasteiger partial charge in [-0.3, -0.25) is 0 Å². The second kappa shape index (κ2) is 4.13. The Hall–Kier alpha value is -0.750. The van der Waals surface area contributed by atoms with Crippen molar-refractivity contribution in [2.45, 2.75) is 0 Å². The average Bonchev–Trinajstić information content (AvgIpc) is 1.87. The van der Waals surface area contributed by atoms with Gasteiger partial charge in [-0.25, -0.2) is 0 Å². The van der Waals surface area contributed by atoms with Gasteiger partial charge in [0.05, 0.1) is 0 Å². The van der Waals surface area contributed by atoms with Gasteiger partial charge >= 0.3 is 0 Å². The standard InChI is InChI=1S/C9H9Cl/c10-8-9-6-4-2-1-3-5-7-9/h1-7H,8H2/b2-1-,3-1?,4-2?,5-3-,6-4-,7-5?,9-6?,9-7+. The fraction of sp³-hybridized carbons (Fsp3) is 0.111. The first kappa shape index (κ1) is 7.36. The van der Waals surface area contributed by atoms with Crippen molar-refractivity contribution in [2.24, 2.45) is 0 Å². The predicted octanol–water partition coefficient (Wildman–Crippen LogP) is 2.83. The normalized spacial score (nSPS) is 31.1. The Labute approximate surface area is 66.2 Å². The molecular weight excluding hydrogens is 144 g/mol. The Balaban J connectivity index is 2.73. The number of halogens is 1. The molecule has 1 aliphatic rings. The summed E-state index contributed by atoms with van der Waals surface area (Å²) in [6.45, 7) is 0. The summed E-state index contributed by atoms with van der Waals surface area (Å²) in [4.78, 5) is 0. The lowest BCUT2D eigenvalue weighted by molar-refractivity contribution is 1.52. The van der Waals surface area contributed by atoms with Gasteiger partial charge in [-0.15, -0.1) is 11.6 Å². The minimum Gasteiger partial charge on any atom is -0.122 e. The lowest BCUT2D eigenvalue weighted by atomic mass is 10.2. The summed E-state index contributed by atoms with van der Waals surface area (Å²) in [5, 5.41) is 0. The molecule has 0 radical (unpaired) electrons. The first-order valence-corrected chi connectivity index (χ1v) is 3.73. The van der Waals surface area contributed by atoms with Crippen LogP contribution in [0.2, 0.25) is 0 Å². The largest absolute Gasteiger partial charge is 0.122 e. The van der Waals surface area contributed by atoms with E-state index < -0.39 is 0 Å². The lowest BCUT2D eigenvalue weighted by Gasteiger charge is -1.92. The number of alkyl halides is 1. The monoisotopic (exact) mass is 152 g/mol. The summed E-state index contributed by atoms with van der Waals surface area (Å²) >= 11 is 5.63. The maximum absolute atomic E-state index is 5.63. The van der Waals surface area contributed by atoms with Gasteiger partial charge in [0.2, 0.25) is 0 Å². The molecule has 0 bridgehead atoms. The number of allylic oxidation sites excluding steroid dienone is 8. The Morgan fingerprint density at radius 3 is 2.50 bits per heavy atom. The maximum Gasteiger partial charge on any atom is 0.0474 e. The van der Waals surface area contributed by atoms with Gasteiger partial charge in [0.15, 0.2) is 0 Å². The van der Waals surface area contributed by atoms with Crippen molar-refractivity contribution in [3.63, 3.8) is 0 Å². The van der Waals surface area contributed by atoms with Crippen molar-refractivity contribution in [1.29, 1.82) is 0 Å². The molecule has 0 amide bonds. The Morgan fingerprint density at radius 1 is 1.00 bits per heavy atom. The molecule has 1 rings (SSSR count). The van der Waals surface area contributed by atoms with Gasteiger partial charge in [-0.2, -0.15) is 0 Å². The molecule has 0 saturated carbocycles. The van der Waals surface area contributed by atoms with Crippen molar-refractivity contribution < 1.29 is 0 Å². The van der Waals surface area contributed by atoms with Gasteiger partial charge in [0.1, 0.15) is 0 Å². The first-order valence-electron chi connectivity index (χ1n) is 3.20. The fourth-order valence-corrected chi connectivity index (χ4v) is 0.874. The molecule has 1 heteroatoms. The van der Waals surface area contributed by atoms with Gasteiger partial charge in [-0.1, -0.05) is 42.5 Å². The molecule has 10 heavy (non-hydrogen) atoms. The molecule has 52 valence electrons. The quantitative estimate of drug-likeness (QED) is 0.507. The summed E-state index contributed by atoms with van der Waals surface area (Å²) < 4.78 is 0. The topological polar surface area (TPSA) is 0 Å². The van der Waals surface area contributed by atoms with Crippen LogP contribution in [0.25, 0.3) is 0 Å². The molecule has 0 aliphatic heterocycles. The zero-order chi connectivity index (χ0) is 7.23. The van der Waals surface area contributed by atoms with Crippen molar-refractivity contribution in [2.75, 3.05) is 5.88 Å². The number of hydrogen-bond donors (Lipinski definition) is 0. The molecule has 1 aliphatic carbocycles. The van der Waals surface area contributed by atoms with E-state index in [2.05, 4.69) is 0 Å². The lowest BCUT2D eigenvalue weighted by Crippen LogP contribution is -1.77. The summed E-state index contributed by atoms with van der Waals surface area (Å²) in [5.74, 6) is 0.578. The molecule has 0 aromatic rings. The Kier molecular flexibility index (Phi) is 3.04. The van der Waals surface area contributed by atoms with Gasteiger partial charge in [0.25, 0.3) is 0 Å². The van der Waals surface area contributed by atoms with Crippen LogP contribution in [-0.2, 0) is 0 Å². The van der Waals surface area contributed by atoms with Crippen molar-refractivity contribution in [3.05, 3.63) is 48.1 Å². The van der Waals surface area contributed by atoms with Crippen LogP contribution >= 0.6 is 11.6 Å². The van der Waals surface area contributed by atoms with E-state index in [4.69, 9.17) is 11.6 Å². The second-order valence-corrected chi connectivity index (χ2v) is 2.27. The third-order valence-corrected chi connectivity index (χ3v) is 1.53. The summed E-state index contributed by atoms with van der Waals surface area (Å²) in [6, 6.07) is 0. The minimum atomic E-state index is 0.578. The van der Waals surface area contributed by atoms with Gasteiger partial charge in [0, 0.05) is 5.88 Å². The van der Waals surface area contributed by atoms with E-state index in [1.165, 1.54) is 0 Å². The molecule has 0 saturated heterocycles. The van der Waals surface area contributed by atoms with Crippen molar-refractivity contribution in [1.82, 2.24) is 0 Å². The fourth-order valence-electron chi connectivity index (χ4n) is 0.695. The molecule has 0 nitrogen and oxygen atoms in total. The molecular formula is C9H9Cl.